The average Bonchev–Trinajstić information content (AvgIpc) is 3.07. The van der Waals surface area contributed by atoms with E-state index >= 15 is 0 Å². The minimum Gasteiger partial charge on any atom is -0.507 e. The highest BCUT2D eigenvalue weighted by atomic mass is 16.4. The van der Waals surface area contributed by atoms with E-state index in [2.05, 4.69) is 15.6 Å². The lowest BCUT2D eigenvalue weighted by Crippen LogP contribution is -2.28. The molecule has 1 aliphatic heterocycles. The molecule has 0 saturated carbocycles. The normalized spacial score (nSPS) is 14.5. The highest BCUT2D eigenvalue weighted by Crippen LogP contribution is 2.31. The van der Waals surface area contributed by atoms with Gasteiger partial charge < -0.3 is 10.2 Å². The van der Waals surface area contributed by atoms with Crippen molar-refractivity contribution in [3.8, 4) is 16.9 Å². The summed E-state index contributed by atoms with van der Waals surface area (Å²) in [5, 5.41) is 29.3. The zero-order valence-corrected chi connectivity index (χ0v) is 18.3. The number of hydrogen-bond donors (Lipinski definition) is 3. The van der Waals surface area contributed by atoms with Gasteiger partial charge in [-0.05, 0) is 79.9 Å². The van der Waals surface area contributed by atoms with Gasteiger partial charge in [0.2, 0.25) is 0 Å². The molecule has 0 spiro atoms. The minimum atomic E-state index is -1.11. The number of carbonyl (C=O) groups is 2. The molecule has 3 aromatic carbocycles. The van der Waals surface area contributed by atoms with Crippen LogP contribution in [-0.2, 0) is 4.79 Å². The molecule has 0 aromatic heterocycles. The van der Waals surface area contributed by atoms with Crippen LogP contribution in [0.4, 0.5) is 11.4 Å². The van der Waals surface area contributed by atoms with Crippen LogP contribution in [0.1, 0.15) is 28.4 Å². The van der Waals surface area contributed by atoms with Gasteiger partial charge in [-0.15, -0.1) is 0 Å². The third-order valence-electron chi connectivity index (χ3n) is 5.44. The predicted molar refractivity (Wildman–Crippen MR) is 128 cm³/mol. The molecule has 8 heteroatoms. The SMILES string of the molecule is CC1=NN(c2ccc(C)c(C)c2)C(=O)C1=NNc1cccc(-c2ccc(C(=O)O)cc2O)c1. The Bertz CT molecular complexity index is 1340. The van der Waals surface area contributed by atoms with E-state index in [4.69, 9.17) is 5.11 Å². The maximum absolute atomic E-state index is 12.9. The first-order valence-electron chi connectivity index (χ1n) is 10.2. The minimum absolute atomic E-state index is 0.000220. The number of amides is 1. The summed E-state index contributed by atoms with van der Waals surface area (Å²) in [6.45, 7) is 5.70. The summed E-state index contributed by atoms with van der Waals surface area (Å²) in [4.78, 5) is 24.0. The van der Waals surface area contributed by atoms with Crippen LogP contribution in [-0.4, -0.2) is 33.5 Å². The van der Waals surface area contributed by atoms with Gasteiger partial charge in [-0.2, -0.15) is 15.2 Å². The van der Waals surface area contributed by atoms with E-state index in [1.54, 1.807) is 37.3 Å². The van der Waals surface area contributed by atoms with Gasteiger partial charge in [-0.25, -0.2) is 4.79 Å². The van der Waals surface area contributed by atoms with Gasteiger partial charge in [0.25, 0.3) is 0 Å². The lowest BCUT2D eigenvalue weighted by atomic mass is 10.0. The number of carbonyl (C=O) groups excluding carboxylic acids is 1. The van der Waals surface area contributed by atoms with Crippen LogP contribution in [0.2, 0.25) is 0 Å². The Morgan fingerprint density at radius 3 is 2.48 bits per heavy atom. The number of benzene rings is 3. The van der Waals surface area contributed by atoms with Crippen LogP contribution in [0.25, 0.3) is 11.1 Å². The molecule has 0 radical (unpaired) electrons. The molecule has 0 bridgehead atoms. The number of anilines is 2. The summed E-state index contributed by atoms with van der Waals surface area (Å²) in [7, 11) is 0. The Labute approximate surface area is 190 Å². The molecule has 0 saturated heterocycles. The Kier molecular flexibility index (Phi) is 5.66. The quantitative estimate of drug-likeness (QED) is 0.501. The van der Waals surface area contributed by atoms with Gasteiger partial charge in [0.15, 0.2) is 5.71 Å². The topological polar surface area (TPSA) is 115 Å². The first kappa shape index (κ1) is 21.8. The van der Waals surface area contributed by atoms with Gasteiger partial charge >= 0.3 is 11.9 Å². The van der Waals surface area contributed by atoms with Gasteiger partial charge in [0.1, 0.15) is 5.75 Å². The average molecular weight is 442 g/mol. The van der Waals surface area contributed by atoms with Gasteiger partial charge in [-0.3, -0.25) is 10.2 Å². The number of hydrogen-bond acceptors (Lipinski definition) is 6. The third-order valence-corrected chi connectivity index (χ3v) is 5.44. The first-order valence-corrected chi connectivity index (χ1v) is 10.2. The van der Waals surface area contributed by atoms with Gasteiger partial charge in [0.05, 0.1) is 22.6 Å². The number of hydrazone groups is 2. The number of aromatic carboxylic acids is 1. The fourth-order valence-electron chi connectivity index (χ4n) is 3.44. The number of aromatic hydroxyl groups is 1. The van der Waals surface area contributed by atoms with Crippen molar-refractivity contribution in [2.75, 3.05) is 10.4 Å². The molecule has 8 nitrogen and oxygen atoms in total. The molecule has 0 fully saturated rings. The number of rotatable bonds is 5. The monoisotopic (exact) mass is 442 g/mol. The van der Waals surface area contributed by atoms with Crippen LogP contribution < -0.4 is 10.4 Å². The maximum atomic E-state index is 12.9. The van der Waals surface area contributed by atoms with Crippen molar-refractivity contribution in [2.24, 2.45) is 10.2 Å². The molecular weight excluding hydrogens is 420 g/mol. The van der Waals surface area contributed by atoms with Crippen molar-refractivity contribution in [3.63, 3.8) is 0 Å². The summed E-state index contributed by atoms with van der Waals surface area (Å²) in [5.74, 6) is -1.59. The fraction of sp³-hybridized carbons (Fsp3) is 0.120. The molecule has 33 heavy (non-hydrogen) atoms. The molecule has 3 aromatic rings. The van der Waals surface area contributed by atoms with E-state index < -0.39 is 5.97 Å². The summed E-state index contributed by atoms with van der Waals surface area (Å²) >= 11 is 0. The second-order valence-corrected chi connectivity index (χ2v) is 7.76. The Balaban J connectivity index is 1.56. The number of nitrogens with one attached hydrogen (secondary N) is 1. The maximum Gasteiger partial charge on any atom is 0.335 e. The van der Waals surface area contributed by atoms with Crippen molar-refractivity contribution < 1.29 is 19.8 Å². The van der Waals surface area contributed by atoms with Crippen LogP contribution in [0, 0.1) is 13.8 Å². The Hall–Kier alpha value is -4.46. The van der Waals surface area contributed by atoms with Crippen molar-refractivity contribution in [1.82, 2.24) is 0 Å². The van der Waals surface area contributed by atoms with Crippen molar-refractivity contribution in [2.45, 2.75) is 20.8 Å². The lowest BCUT2D eigenvalue weighted by molar-refractivity contribution is -0.112. The first-order chi connectivity index (χ1) is 15.7. The highest BCUT2D eigenvalue weighted by molar-refractivity contribution is 6.71. The zero-order valence-electron chi connectivity index (χ0n) is 18.3. The molecular formula is C25H22N4O4. The van der Waals surface area contributed by atoms with E-state index in [-0.39, 0.29) is 22.9 Å². The molecule has 1 amide bonds. The predicted octanol–water partition coefficient (Wildman–Crippen LogP) is 4.56. The molecule has 0 unspecified atom stereocenters. The molecule has 3 N–H and O–H groups in total. The number of carboxylic acids is 1. The van der Waals surface area contributed by atoms with E-state index in [0.717, 1.165) is 11.1 Å². The molecule has 1 heterocycles. The van der Waals surface area contributed by atoms with Crippen LogP contribution >= 0.6 is 0 Å². The highest BCUT2D eigenvalue weighted by Gasteiger charge is 2.30. The van der Waals surface area contributed by atoms with Crippen LogP contribution in [0.15, 0.2) is 70.9 Å². The number of carboxylic acid groups (broad SMARTS) is 1. The zero-order chi connectivity index (χ0) is 23.7. The number of phenols is 1. The molecule has 4 rings (SSSR count). The lowest BCUT2D eigenvalue weighted by Gasteiger charge is -2.13. The second-order valence-electron chi connectivity index (χ2n) is 7.76. The summed E-state index contributed by atoms with van der Waals surface area (Å²) in [6.07, 6.45) is 0. The molecule has 166 valence electrons. The van der Waals surface area contributed by atoms with E-state index in [1.807, 2.05) is 32.0 Å². The van der Waals surface area contributed by atoms with Crippen molar-refractivity contribution in [3.05, 3.63) is 77.4 Å². The number of aryl methyl sites for hydroxylation is 2. The Morgan fingerprint density at radius 2 is 1.79 bits per heavy atom. The molecule has 1 aliphatic rings. The summed E-state index contributed by atoms with van der Waals surface area (Å²) in [5.41, 5.74) is 8.17. The second kappa shape index (κ2) is 8.58. The van der Waals surface area contributed by atoms with Crippen LogP contribution in [0.3, 0.4) is 0 Å². The van der Waals surface area contributed by atoms with Crippen molar-refractivity contribution in [1.29, 1.82) is 0 Å². The third kappa shape index (κ3) is 4.31. The molecule has 0 atom stereocenters. The van der Waals surface area contributed by atoms with E-state index in [1.165, 1.54) is 17.1 Å². The standard InChI is InChI=1S/C25H22N4O4/c1-14-7-9-20(11-15(14)2)29-24(31)23(16(3)28-29)27-26-19-6-4-5-17(12-19)21-10-8-18(25(32)33)13-22(21)30/h4-13,26,30H,1-3H3,(H,32,33). The number of nitrogens with zero attached hydrogens (tertiary/aromatic N) is 3. The van der Waals surface area contributed by atoms with Crippen molar-refractivity contribution >= 4 is 34.7 Å². The van der Waals surface area contributed by atoms with Crippen LogP contribution in [0.5, 0.6) is 5.75 Å². The fourth-order valence-corrected chi connectivity index (χ4v) is 3.44. The Morgan fingerprint density at radius 1 is 1.00 bits per heavy atom. The largest absolute Gasteiger partial charge is 0.507 e. The van der Waals surface area contributed by atoms with E-state index in [0.29, 0.717) is 28.2 Å². The molecule has 0 aliphatic carbocycles. The van der Waals surface area contributed by atoms with Gasteiger partial charge in [-0.1, -0.05) is 18.2 Å². The number of phenolic OH excluding ortho intramolecular Hbond substituents is 1. The summed E-state index contributed by atoms with van der Waals surface area (Å²) < 4.78 is 0. The smallest absolute Gasteiger partial charge is 0.335 e. The van der Waals surface area contributed by atoms with E-state index in [9.17, 15) is 14.7 Å². The van der Waals surface area contributed by atoms with Gasteiger partial charge in [0, 0.05) is 5.56 Å². The summed E-state index contributed by atoms with van der Waals surface area (Å²) in [6, 6.07) is 16.9.